The number of benzene rings is 2. The Balaban J connectivity index is 1.86. The first-order valence-electron chi connectivity index (χ1n) is 10.6. The number of alkyl halides is 3. The van der Waals surface area contributed by atoms with E-state index in [-0.39, 0.29) is 10.6 Å². The van der Waals surface area contributed by atoms with Gasteiger partial charge in [-0.1, -0.05) is 13.0 Å². The highest BCUT2D eigenvalue weighted by atomic mass is 32.2. The molecule has 0 atom stereocenters. The van der Waals surface area contributed by atoms with Crippen LogP contribution < -0.4 is 0 Å². The summed E-state index contributed by atoms with van der Waals surface area (Å²) in [6.07, 6.45) is -3.85. The Kier molecular flexibility index (Phi) is 6.00. The number of halogens is 3. The van der Waals surface area contributed by atoms with Gasteiger partial charge in [0.15, 0.2) is 0 Å². The number of likely N-dealkylation sites (N-methyl/N-ethyl adjacent to an activating group) is 1. The quantitative estimate of drug-likeness (QED) is 0.571. The lowest BCUT2D eigenvalue weighted by Gasteiger charge is -2.32. The lowest BCUT2D eigenvalue weighted by atomic mass is 10.1. The van der Waals surface area contributed by atoms with E-state index >= 15 is 0 Å². The normalized spacial score (nSPS) is 15.8. The number of piperazine rings is 1. The number of hydrogen-bond donors (Lipinski definition) is 0. The Morgan fingerprint density at radius 2 is 1.61 bits per heavy atom. The topological polar surface area (TPSA) is 62.6 Å². The van der Waals surface area contributed by atoms with Crippen LogP contribution in [0.5, 0.6) is 0 Å². The summed E-state index contributed by atoms with van der Waals surface area (Å²) < 4.78 is 67.0. The molecule has 1 saturated heterocycles. The predicted molar refractivity (Wildman–Crippen MR) is 119 cm³/mol. The van der Waals surface area contributed by atoms with Crippen LogP contribution in [-0.2, 0) is 22.6 Å². The maximum absolute atomic E-state index is 13.6. The Hall–Kier alpha value is -2.85. The van der Waals surface area contributed by atoms with Crippen LogP contribution in [0.2, 0.25) is 0 Å². The number of amides is 1. The van der Waals surface area contributed by atoms with Gasteiger partial charge in [-0.2, -0.15) is 13.2 Å². The van der Waals surface area contributed by atoms with Gasteiger partial charge in [0.05, 0.1) is 16.0 Å². The second-order valence-corrected chi connectivity index (χ2v) is 9.95. The number of rotatable bonds is 4. The number of carbonyl (C=O) groups is 1. The molecule has 2 aromatic carbocycles. The van der Waals surface area contributed by atoms with Gasteiger partial charge in [-0.3, -0.25) is 4.79 Å². The van der Waals surface area contributed by atoms with E-state index in [4.69, 9.17) is 0 Å². The molecule has 0 bridgehead atoms. The van der Waals surface area contributed by atoms with Crippen LogP contribution in [0.1, 0.15) is 28.5 Å². The summed E-state index contributed by atoms with van der Waals surface area (Å²) in [6.45, 7) is 4.21. The van der Waals surface area contributed by atoms with E-state index in [0.29, 0.717) is 37.1 Å². The Bertz CT molecular complexity index is 1290. The summed E-state index contributed by atoms with van der Waals surface area (Å²) in [7, 11) is -2.39. The second-order valence-electron chi connectivity index (χ2n) is 8.16. The molecule has 6 nitrogen and oxygen atoms in total. The molecular formula is C23H24F3N3O3S. The first-order chi connectivity index (χ1) is 15.5. The van der Waals surface area contributed by atoms with E-state index in [2.05, 4.69) is 4.90 Å². The summed E-state index contributed by atoms with van der Waals surface area (Å²) in [5.74, 6) is -0.423. The van der Waals surface area contributed by atoms with Crippen LogP contribution in [-0.4, -0.2) is 61.3 Å². The number of aryl methyl sites for hydroxylation is 1. The Labute approximate surface area is 190 Å². The highest BCUT2D eigenvalue weighted by Crippen LogP contribution is 2.32. The SMILES string of the molecule is CCc1ccc2c(c1)cc(C(=O)N1CCN(C)CC1)n2S(=O)(=O)c1ccc(C(F)(F)F)cc1. The third-order valence-electron chi connectivity index (χ3n) is 5.96. The molecule has 0 aliphatic carbocycles. The number of hydrogen-bond acceptors (Lipinski definition) is 4. The van der Waals surface area contributed by atoms with E-state index in [1.165, 1.54) is 0 Å². The van der Waals surface area contributed by atoms with Crippen LogP contribution in [0.4, 0.5) is 13.2 Å². The number of nitrogens with zero attached hydrogens (tertiary/aromatic N) is 3. The maximum atomic E-state index is 13.6. The van der Waals surface area contributed by atoms with Crippen LogP contribution in [0.15, 0.2) is 53.4 Å². The first kappa shape index (κ1) is 23.3. The molecule has 1 aromatic heterocycles. The fourth-order valence-electron chi connectivity index (χ4n) is 3.96. The zero-order valence-electron chi connectivity index (χ0n) is 18.3. The van der Waals surface area contributed by atoms with Gasteiger partial charge in [-0.15, -0.1) is 0 Å². The first-order valence-corrected chi connectivity index (χ1v) is 12.0. The van der Waals surface area contributed by atoms with Gasteiger partial charge in [0.2, 0.25) is 0 Å². The van der Waals surface area contributed by atoms with Crippen molar-refractivity contribution in [3.63, 3.8) is 0 Å². The average molecular weight is 480 g/mol. The molecule has 0 saturated carbocycles. The smallest absolute Gasteiger partial charge is 0.335 e. The van der Waals surface area contributed by atoms with Crippen molar-refractivity contribution in [1.29, 1.82) is 0 Å². The molecule has 2 heterocycles. The summed E-state index contributed by atoms with van der Waals surface area (Å²) >= 11 is 0. The molecule has 0 unspecified atom stereocenters. The zero-order valence-corrected chi connectivity index (χ0v) is 19.1. The minimum atomic E-state index is -4.58. The van der Waals surface area contributed by atoms with Crippen molar-refractivity contribution < 1.29 is 26.4 Å². The zero-order chi connectivity index (χ0) is 24.0. The molecule has 0 spiro atoms. The van der Waals surface area contributed by atoms with Crippen molar-refractivity contribution in [1.82, 2.24) is 13.8 Å². The van der Waals surface area contributed by atoms with Crippen molar-refractivity contribution in [2.45, 2.75) is 24.4 Å². The summed E-state index contributed by atoms with van der Waals surface area (Å²) in [4.78, 5) is 16.7. The molecule has 10 heteroatoms. The van der Waals surface area contributed by atoms with Crippen LogP contribution in [0.3, 0.4) is 0 Å². The highest BCUT2D eigenvalue weighted by molar-refractivity contribution is 7.90. The molecule has 1 aliphatic rings. The van der Waals surface area contributed by atoms with E-state index in [1.807, 2.05) is 20.0 Å². The molecule has 0 N–H and O–H groups in total. The molecule has 0 radical (unpaired) electrons. The molecule has 4 rings (SSSR count). The third-order valence-corrected chi connectivity index (χ3v) is 7.70. The number of carbonyl (C=O) groups excluding carboxylic acids is 1. The van der Waals surface area contributed by atoms with Crippen LogP contribution in [0.25, 0.3) is 10.9 Å². The molecular weight excluding hydrogens is 455 g/mol. The molecule has 1 fully saturated rings. The number of aromatic nitrogens is 1. The second kappa shape index (κ2) is 8.49. The minimum absolute atomic E-state index is 0.0253. The lowest BCUT2D eigenvalue weighted by molar-refractivity contribution is -0.137. The van der Waals surface area contributed by atoms with E-state index in [9.17, 15) is 26.4 Å². The van der Waals surface area contributed by atoms with E-state index in [1.54, 1.807) is 23.1 Å². The summed E-state index contributed by atoms with van der Waals surface area (Å²) in [5, 5.41) is 0.585. The molecule has 3 aromatic rings. The summed E-state index contributed by atoms with van der Waals surface area (Å²) in [5.41, 5.74) is 0.317. The fourth-order valence-corrected chi connectivity index (χ4v) is 5.47. The molecule has 176 valence electrons. The minimum Gasteiger partial charge on any atom is -0.335 e. The van der Waals surface area contributed by atoms with E-state index in [0.717, 1.165) is 40.2 Å². The standard InChI is InChI=1S/C23H24F3N3O3S/c1-3-16-4-9-20-17(14-16)15-21(22(30)28-12-10-27(2)11-13-28)29(20)33(31,32)19-7-5-18(6-8-19)23(24,25)26/h4-9,14-15H,3,10-13H2,1-2H3. The van der Waals surface area contributed by atoms with Crippen molar-refractivity contribution in [3.05, 3.63) is 65.4 Å². The van der Waals surface area contributed by atoms with Gasteiger partial charge in [0.25, 0.3) is 15.9 Å². The Morgan fingerprint density at radius 3 is 2.18 bits per heavy atom. The molecule has 1 amide bonds. The van der Waals surface area contributed by atoms with Crippen molar-refractivity contribution in [2.75, 3.05) is 33.2 Å². The predicted octanol–water partition coefficient (Wildman–Crippen LogP) is 3.85. The lowest BCUT2D eigenvalue weighted by Crippen LogP contribution is -2.47. The van der Waals surface area contributed by atoms with E-state index < -0.39 is 27.7 Å². The molecule has 1 aliphatic heterocycles. The van der Waals surface area contributed by atoms with Crippen molar-refractivity contribution in [2.24, 2.45) is 0 Å². The van der Waals surface area contributed by atoms with Gasteiger partial charge < -0.3 is 9.80 Å². The Morgan fingerprint density at radius 1 is 0.970 bits per heavy atom. The highest BCUT2D eigenvalue weighted by Gasteiger charge is 2.33. The maximum Gasteiger partial charge on any atom is 0.416 e. The average Bonchev–Trinajstić information content (AvgIpc) is 3.18. The van der Waals surface area contributed by atoms with Gasteiger partial charge in [-0.05, 0) is 61.5 Å². The van der Waals surface area contributed by atoms with Gasteiger partial charge in [0, 0.05) is 31.6 Å². The fraction of sp³-hybridized carbons (Fsp3) is 0.348. The van der Waals surface area contributed by atoms with Gasteiger partial charge in [-0.25, -0.2) is 12.4 Å². The third kappa shape index (κ3) is 4.37. The van der Waals surface area contributed by atoms with Crippen molar-refractivity contribution in [3.8, 4) is 0 Å². The van der Waals surface area contributed by atoms with Crippen LogP contribution in [0, 0.1) is 0 Å². The molecule has 33 heavy (non-hydrogen) atoms. The van der Waals surface area contributed by atoms with Gasteiger partial charge in [0.1, 0.15) is 5.69 Å². The largest absolute Gasteiger partial charge is 0.416 e. The monoisotopic (exact) mass is 479 g/mol. The van der Waals surface area contributed by atoms with Crippen LogP contribution >= 0.6 is 0 Å². The summed E-state index contributed by atoms with van der Waals surface area (Å²) in [6, 6.07) is 10.1. The van der Waals surface area contributed by atoms with Gasteiger partial charge >= 0.3 is 6.18 Å². The van der Waals surface area contributed by atoms with Crippen molar-refractivity contribution >= 4 is 26.8 Å². The number of fused-ring (bicyclic) bond motifs is 1.